The fraction of sp³-hybridized carbons (Fsp3) is 0.500. The number of ether oxygens (including phenoxy) is 1. The van der Waals surface area contributed by atoms with E-state index in [1.54, 1.807) is 43.9 Å². The average Bonchev–Trinajstić information content (AvgIpc) is 2.51. The summed E-state index contributed by atoms with van der Waals surface area (Å²) in [6.45, 7) is 5.34. The van der Waals surface area contributed by atoms with Crippen LogP contribution >= 0.6 is 15.9 Å². The summed E-state index contributed by atoms with van der Waals surface area (Å²) < 4.78 is 5.58. The minimum atomic E-state index is -1.20. The number of carboxylic acids is 1. The number of aliphatic carboxylic acids is 1. The second kappa shape index (κ2) is 7.48. The van der Waals surface area contributed by atoms with Crippen LogP contribution in [0.5, 0.6) is 0 Å². The van der Waals surface area contributed by atoms with Crippen LogP contribution in [0.25, 0.3) is 0 Å². The first-order valence-electron chi connectivity index (χ1n) is 7.91. The summed E-state index contributed by atoms with van der Waals surface area (Å²) in [4.78, 5) is 37.6. The number of hydrogen-bond acceptors (Lipinski definition) is 6. The van der Waals surface area contributed by atoms with Crippen molar-refractivity contribution in [2.24, 2.45) is 0 Å². The van der Waals surface area contributed by atoms with Crippen molar-refractivity contribution in [3.63, 3.8) is 0 Å². The highest BCUT2D eigenvalue weighted by Gasteiger charge is 2.39. The monoisotopic (exact) mass is 429 g/mol. The Kier molecular flexibility index (Phi) is 5.74. The fourth-order valence-electron chi connectivity index (χ4n) is 2.69. The molecule has 1 aromatic carbocycles. The number of anilines is 1. The molecule has 0 saturated carbocycles. The molecule has 1 heterocycles. The zero-order valence-electron chi connectivity index (χ0n) is 14.6. The molecule has 0 aromatic heterocycles. The SMILES string of the molecule is CC(C)(C)OC(=O)N1CCN(c2cccc(Br)c2[N+](=O)[O-])C[C@H]1C(=O)O. The number of rotatable bonds is 3. The van der Waals surface area contributed by atoms with Crippen LogP contribution in [0.4, 0.5) is 16.2 Å². The number of amides is 1. The Morgan fingerprint density at radius 3 is 2.54 bits per heavy atom. The second-order valence-corrected chi connectivity index (χ2v) is 7.69. The van der Waals surface area contributed by atoms with Gasteiger partial charge in [0.05, 0.1) is 9.40 Å². The normalized spacial score (nSPS) is 17.8. The fourth-order valence-corrected chi connectivity index (χ4v) is 3.19. The third-order valence-corrected chi connectivity index (χ3v) is 4.42. The first kappa shape index (κ1) is 20.0. The van der Waals surface area contributed by atoms with Gasteiger partial charge < -0.3 is 14.7 Å². The summed E-state index contributed by atoms with van der Waals surface area (Å²) in [5, 5.41) is 20.9. The van der Waals surface area contributed by atoms with Crippen molar-refractivity contribution >= 4 is 39.4 Å². The van der Waals surface area contributed by atoms with Gasteiger partial charge in [-0.1, -0.05) is 6.07 Å². The van der Waals surface area contributed by atoms with Crippen LogP contribution in [-0.4, -0.2) is 58.3 Å². The molecule has 0 bridgehead atoms. The van der Waals surface area contributed by atoms with E-state index in [0.717, 1.165) is 4.90 Å². The Morgan fingerprint density at radius 2 is 2.00 bits per heavy atom. The third-order valence-electron chi connectivity index (χ3n) is 3.78. The first-order chi connectivity index (χ1) is 12.0. The van der Waals surface area contributed by atoms with Gasteiger partial charge in [-0.15, -0.1) is 0 Å². The quantitative estimate of drug-likeness (QED) is 0.580. The summed E-state index contributed by atoms with van der Waals surface area (Å²) in [5.74, 6) is -1.20. The summed E-state index contributed by atoms with van der Waals surface area (Å²) in [6.07, 6.45) is -0.715. The number of para-hydroxylation sites is 1. The third kappa shape index (κ3) is 4.43. The summed E-state index contributed by atoms with van der Waals surface area (Å²) >= 11 is 3.16. The Balaban J connectivity index is 2.29. The van der Waals surface area contributed by atoms with E-state index in [1.165, 1.54) is 0 Å². The highest BCUT2D eigenvalue weighted by Crippen LogP contribution is 2.36. The molecule has 1 fully saturated rings. The van der Waals surface area contributed by atoms with Gasteiger partial charge in [0, 0.05) is 19.6 Å². The van der Waals surface area contributed by atoms with Crippen molar-refractivity contribution < 1.29 is 24.4 Å². The number of nitro groups is 1. The van der Waals surface area contributed by atoms with Gasteiger partial charge in [-0.2, -0.15) is 0 Å². The second-order valence-electron chi connectivity index (χ2n) is 6.84. The zero-order valence-corrected chi connectivity index (χ0v) is 16.2. The largest absolute Gasteiger partial charge is 0.480 e. The van der Waals surface area contributed by atoms with E-state index < -0.39 is 28.6 Å². The zero-order chi connectivity index (χ0) is 19.6. The molecule has 0 radical (unpaired) electrons. The lowest BCUT2D eigenvalue weighted by molar-refractivity contribution is -0.384. The summed E-state index contributed by atoms with van der Waals surface area (Å²) in [7, 11) is 0. The topological polar surface area (TPSA) is 113 Å². The number of hydrogen-bond donors (Lipinski definition) is 1. The van der Waals surface area contributed by atoms with Crippen LogP contribution in [0.1, 0.15) is 20.8 Å². The molecule has 1 N–H and O–H groups in total. The van der Waals surface area contributed by atoms with Crippen LogP contribution in [-0.2, 0) is 9.53 Å². The molecule has 1 aliphatic heterocycles. The number of carbonyl (C=O) groups excluding carboxylic acids is 1. The lowest BCUT2D eigenvalue weighted by Crippen LogP contribution is -2.59. The van der Waals surface area contributed by atoms with Crippen LogP contribution < -0.4 is 4.90 Å². The van der Waals surface area contributed by atoms with E-state index >= 15 is 0 Å². The molecule has 142 valence electrons. The van der Waals surface area contributed by atoms with Crippen molar-refractivity contribution in [2.75, 3.05) is 24.5 Å². The van der Waals surface area contributed by atoms with Gasteiger partial charge in [-0.25, -0.2) is 9.59 Å². The Bertz CT molecular complexity index is 733. The molecule has 1 saturated heterocycles. The summed E-state index contributed by atoms with van der Waals surface area (Å²) in [5.41, 5.74) is -0.581. The molecule has 1 aliphatic rings. The minimum Gasteiger partial charge on any atom is -0.480 e. The van der Waals surface area contributed by atoms with Crippen molar-refractivity contribution in [1.29, 1.82) is 0 Å². The van der Waals surface area contributed by atoms with E-state index in [-0.39, 0.29) is 25.3 Å². The van der Waals surface area contributed by atoms with E-state index in [2.05, 4.69) is 15.9 Å². The number of carbonyl (C=O) groups is 2. The number of piperazine rings is 1. The van der Waals surface area contributed by atoms with Crippen LogP contribution in [0, 0.1) is 10.1 Å². The van der Waals surface area contributed by atoms with Crippen molar-refractivity contribution in [2.45, 2.75) is 32.4 Å². The van der Waals surface area contributed by atoms with E-state index in [0.29, 0.717) is 10.2 Å². The number of nitro benzene ring substituents is 1. The van der Waals surface area contributed by atoms with E-state index in [9.17, 15) is 24.8 Å². The minimum absolute atomic E-state index is 0.0775. The van der Waals surface area contributed by atoms with Crippen molar-refractivity contribution in [3.05, 3.63) is 32.8 Å². The molecule has 1 atom stereocenters. The molecule has 10 heteroatoms. The molecule has 0 spiro atoms. The molecule has 1 aromatic rings. The molecule has 9 nitrogen and oxygen atoms in total. The maximum absolute atomic E-state index is 12.3. The maximum atomic E-state index is 12.3. The molecule has 1 amide bonds. The average molecular weight is 430 g/mol. The smallest absolute Gasteiger partial charge is 0.411 e. The van der Waals surface area contributed by atoms with Gasteiger partial charge in [-0.3, -0.25) is 15.0 Å². The Labute approximate surface area is 158 Å². The number of halogens is 1. The van der Waals surface area contributed by atoms with Crippen molar-refractivity contribution in [3.8, 4) is 0 Å². The molecule has 0 aliphatic carbocycles. The number of carboxylic acid groups (broad SMARTS) is 1. The van der Waals surface area contributed by atoms with Gasteiger partial charge in [0.15, 0.2) is 0 Å². The van der Waals surface area contributed by atoms with E-state index in [1.807, 2.05) is 0 Å². The van der Waals surface area contributed by atoms with Gasteiger partial charge in [0.2, 0.25) is 0 Å². The number of nitrogens with zero attached hydrogens (tertiary/aromatic N) is 3. The standard InChI is InChI=1S/C16H20BrN3O6/c1-16(2,3)26-15(23)19-8-7-18(9-12(19)14(21)22)11-6-4-5-10(17)13(11)20(24)25/h4-6,12H,7-9H2,1-3H3,(H,21,22)/t12-/m0/s1. The molecule has 26 heavy (non-hydrogen) atoms. The predicted molar refractivity (Wildman–Crippen MR) is 97.4 cm³/mol. The maximum Gasteiger partial charge on any atom is 0.411 e. The Hall–Kier alpha value is -2.36. The van der Waals surface area contributed by atoms with Crippen molar-refractivity contribution in [1.82, 2.24) is 4.90 Å². The molecular formula is C16H20BrN3O6. The van der Waals surface area contributed by atoms with Gasteiger partial charge in [0.1, 0.15) is 17.3 Å². The predicted octanol–water partition coefficient (Wildman–Crippen LogP) is 2.87. The van der Waals surface area contributed by atoms with E-state index in [4.69, 9.17) is 4.74 Å². The van der Waals surface area contributed by atoms with Gasteiger partial charge in [0.25, 0.3) is 0 Å². The van der Waals surface area contributed by atoms with Crippen LogP contribution in [0.15, 0.2) is 22.7 Å². The molecule has 2 rings (SSSR count). The van der Waals surface area contributed by atoms with Crippen LogP contribution in [0.3, 0.4) is 0 Å². The van der Waals surface area contributed by atoms with Gasteiger partial charge >= 0.3 is 17.7 Å². The van der Waals surface area contributed by atoms with Crippen LogP contribution in [0.2, 0.25) is 0 Å². The Morgan fingerprint density at radius 1 is 1.35 bits per heavy atom. The highest BCUT2D eigenvalue weighted by atomic mass is 79.9. The summed E-state index contributed by atoms with van der Waals surface area (Å²) in [6, 6.07) is 3.58. The van der Waals surface area contributed by atoms with Gasteiger partial charge in [-0.05, 0) is 48.8 Å². The first-order valence-corrected chi connectivity index (χ1v) is 8.71. The molecular weight excluding hydrogens is 410 g/mol. The molecule has 0 unspecified atom stereocenters. The number of benzene rings is 1. The lowest BCUT2D eigenvalue weighted by Gasteiger charge is -2.40. The highest BCUT2D eigenvalue weighted by molar-refractivity contribution is 9.10. The lowest BCUT2D eigenvalue weighted by atomic mass is 10.1.